The van der Waals surface area contributed by atoms with Crippen LogP contribution in [0.5, 0.6) is 0 Å². The molecular weight excluding hydrogens is 248 g/mol. The van der Waals surface area contributed by atoms with Crippen molar-refractivity contribution in [2.45, 2.75) is 38.3 Å². The van der Waals surface area contributed by atoms with Crippen molar-refractivity contribution < 1.29 is 4.79 Å². The third kappa shape index (κ3) is 3.24. The zero-order valence-corrected chi connectivity index (χ0v) is 11.3. The van der Waals surface area contributed by atoms with Gasteiger partial charge in [-0.25, -0.2) is 0 Å². The molecule has 4 heteroatoms. The van der Waals surface area contributed by atoms with E-state index < -0.39 is 0 Å². The van der Waals surface area contributed by atoms with Crippen LogP contribution in [0.2, 0.25) is 5.02 Å². The first kappa shape index (κ1) is 13.4. The van der Waals surface area contributed by atoms with Crippen LogP contribution in [0.25, 0.3) is 0 Å². The van der Waals surface area contributed by atoms with E-state index >= 15 is 0 Å². The van der Waals surface area contributed by atoms with Crippen molar-refractivity contribution in [2.24, 2.45) is 0 Å². The zero-order valence-electron chi connectivity index (χ0n) is 10.6. The maximum Gasteiger partial charge on any atom is 0.237 e. The summed E-state index contributed by atoms with van der Waals surface area (Å²) in [7, 11) is 0. The fourth-order valence-corrected chi connectivity index (χ4v) is 2.42. The van der Waals surface area contributed by atoms with Gasteiger partial charge in [0.25, 0.3) is 0 Å². The standard InChI is InChI=1S/C14H19ClN2O/c1-2-12(10-5-7-11(15)8-6-10)17-14(18)13-4-3-9-16-13/h5-8,12-13,16H,2-4,9H2,1H3,(H,17,18). The Morgan fingerprint density at radius 1 is 1.50 bits per heavy atom. The number of rotatable bonds is 4. The molecule has 2 unspecified atom stereocenters. The molecule has 1 aliphatic rings. The molecule has 1 amide bonds. The quantitative estimate of drug-likeness (QED) is 0.880. The molecule has 98 valence electrons. The Labute approximate surface area is 113 Å². The van der Waals surface area contributed by atoms with Gasteiger partial charge in [-0.15, -0.1) is 0 Å². The van der Waals surface area contributed by atoms with Crippen LogP contribution in [0, 0.1) is 0 Å². The lowest BCUT2D eigenvalue weighted by atomic mass is 10.0. The Kier molecular flexibility index (Phi) is 4.61. The predicted molar refractivity (Wildman–Crippen MR) is 73.7 cm³/mol. The van der Waals surface area contributed by atoms with Gasteiger partial charge in [0.05, 0.1) is 12.1 Å². The molecule has 1 fully saturated rings. The second-order valence-corrected chi connectivity index (χ2v) is 5.11. The van der Waals surface area contributed by atoms with Gasteiger partial charge in [-0.1, -0.05) is 30.7 Å². The third-order valence-electron chi connectivity index (χ3n) is 3.37. The predicted octanol–water partition coefficient (Wildman–Crippen LogP) is 2.66. The molecule has 1 aromatic rings. The normalized spacial score (nSPS) is 20.7. The van der Waals surface area contributed by atoms with Crippen molar-refractivity contribution in [3.63, 3.8) is 0 Å². The average molecular weight is 267 g/mol. The largest absolute Gasteiger partial charge is 0.348 e. The van der Waals surface area contributed by atoms with Crippen molar-refractivity contribution in [1.29, 1.82) is 0 Å². The van der Waals surface area contributed by atoms with E-state index in [-0.39, 0.29) is 18.0 Å². The van der Waals surface area contributed by atoms with Crippen molar-refractivity contribution >= 4 is 17.5 Å². The van der Waals surface area contributed by atoms with Gasteiger partial charge in [0.15, 0.2) is 0 Å². The van der Waals surface area contributed by atoms with Gasteiger partial charge in [0.1, 0.15) is 0 Å². The molecule has 1 aromatic carbocycles. The van der Waals surface area contributed by atoms with Gasteiger partial charge in [0.2, 0.25) is 5.91 Å². The number of carbonyl (C=O) groups is 1. The number of nitrogens with one attached hydrogen (secondary N) is 2. The smallest absolute Gasteiger partial charge is 0.237 e. The van der Waals surface area contributed by atoms with Crippen LogP contribution < -0.4 is 10.6 Å². The highest BCUT2D eigenvalue weighted by molar-refractivity contribution is 6.30. The fraction of sp³-hybridized carbons (Fsp3) is 0.500. The molecule has 0 spiro atoms. The summed E-state index contributed by atoms with van der Waals surface area (Å²) < 4.78 is 0. The van der Waals surface area contributed by atoms with E-state index in [9.17, 15) is 4.79 Å². The monoisotopic (exact) mass is 266 g/mol. The topological polar surface area (TPSA) is 41.1 Å². The summed E-state index contributed by atoms with van der Waals surface area (Å²) in [5, 5.41) is 7.03. The molecule has 1 aliphatic heterocycles. The van der Waals surface area contributed by atoms with Crippen LogP contribution in [0.4, 0.5) is 0 Å². The van der Waals surface area contributed by atoms with E-state index in [0.717, 1.165) is 36.4 Å². The van der Waals surface area contributed by atoms with Gasteiger partial charge >= 0.3 is 0 Å². The molecule has 2 atom stereocenters. The van der Waals surface area contributed by atoms with Gasteiger partial charge in [0, 0.05) is 5.02 Å². The number of halogens is 1. The third-order valence-corrected chi connectivity index (χ3v) is 3.63. The molecule has 0 radical (unpaired) electrons. The molecule has 0 bridgehead atoms. The average Bonchev–Trinajstić information content (AvgIpc) is 2.91. The lowest BCUT2D eigenvalue weighted by molar-refractivity contribution is -0.123. The highest BCUT2D eigenvalue weighted by atomic mass is 35.5. The van der Waals surface area contributed by atoms with Gasteiger partial charge in [-0.2, -0.15) is 0 Å². The van der Waals surface area contributed by atoms with Crippen LogP contribution in [-0.2, 0) is 4.79 Å². The van der Waals surface area contributed by atoms with E-state index in [1.54, 1.807) is 0 Å². The highest BCUT2D eigenvalue weighted by Gasteiger charge is 2.24. The fourth-order valence-electron chi connectivity index (χ4n) is 2.30. The number of hydrogen-bond donors (Lipinski definition) is 2. The van der Waals surface area contributed by atoms with E-state index in [0.29, 0.717) is 0 Å². The van der Waals surface area contributed by atoms with Crippen molar-refractivity contribution in [1.82, 2.24) is 10.6 Å². The van der Waals surface area contributed by atoms with Crippen LogP contribution in [0.1, 0.15) is 37.8 Å². The molecular formula is C14H19ClN2O. The summed E-state index contributed by atoms with van der Waals surface area (Å²) in [4.78, 5) is 12.1. The Balaban J connectivity index is 2.00. The van der Waals surface area contributed by atoms with E-state index in [4.69, 9.17) is 11.6 Å². The Hall–Kier alpha value is -1.06. The second kappa shape index (κ2) is 6.21. The first-order valence-corrected chi connectivity index (χ1v) is 6.87. The molecule has 1 heterocycles. The van der Waals surface area contributed by atoms with Crippen molar-refractivity contribution in [3.8, 4) is 0 Å². The minimum Gasteiger partial charge on any atom is -0.348 e. The lowest BCUT2D eigenvalue weighted by Crippen LogP contribution is -2.41. The van der Waals surface area contributed by atoms with Crippen LogP contribution in [0.15, 0.2) is 24.3 Å². The van der Waals surface area contributed by atoms with Crippen LogP contribution in [-0.4, -0.2) is 18.5 Å². The Morgan fingerprint density at radius 3 is 2.78 bits per heavy atom. The summed E-state index contributed by atoms with van der Waals surface area (Å²) in [6, 6.07) is 7.71. The Bertz CT molecular complexity index is 399. The Morgan fingerprint density at radius 2 is 2.22 bits per heavy atom. The molecule has 18 heavy (non-hydrogen) atoms. The van der Waals surface area contributed by atoms with Gasteiger partial charge in [-0.05, 0) is 43.5 Å². The minimum absolute atomic E-state index is 0.0219. The second-order valence-electron chi connectivity index (χ2n) is 4.67. The summed E-state index contributed by atoms with van der Waals surface area (Å²) in [6.07, 6.45) is 2.89. The SMILES string of the molecule is CCC(NC(=O)C1CCCN1)c1ccc(Cl)cc1. The molecule has 0 saturated carbocycles. The van der Waals surface area contributed by atoms with Gasteiger partial charge in [-0.3, -0.25) is 4.79 Å². The first-order valence-electron chi connectivity index (χ1n) is 6.50. The minimum atomic E-state index is -0.0219. The summed E-state index contributed by atoms with van der Waals surface area (Å²) in [5.74, 6) is 0.106. The van der Waals surface area contributed by atoms with Crippen LogP contribution in [0.3, 0.4) is 0 Å². The number of carbonyl (C=O) groups excluding carboxylic acids is 1. The molecule has 1 saturated heterocycles. The summed E-state index contributed by atoms with van der Waals surface area (Å²) >= 11 is 5.87. The zero-order chi connectivity index (χ0) is 13.0. The highest BCUT2D eigenvalue weighted by Crippen LogP contribution is 2.19. The maximum absolute atomic E-state index is 12.1. The van der Waals surface area contributed by atoms with E-state index in [1.165, 1.54) is 0 Å². The maximum atomic E-state index is 12.1. The molecule has 2 rings (SSSR count). The molecule has 0 aliphatic carbocycles. The molecule has 0 aromatic heterocycles. The van der Waals surface area contributed by atoms with E-state index in [1.807, 2.05) is 24.3 Å². The van der Waals surface area contributed by atoms with Crippen molar-refractivity contribution in [2.75, 3.05) is 6.54 Å². The van der Waals surface area contributed by atoms with Crippen LogP contribution >= 0.6 is 11.6 Å². The summed E-state index contributed by atoms with van der Waals surface area (Å²) in [6.45, 7) is 3.01. The first-order chi connectivity index (χ1) is 8.70. The number of amides is 1. The number of benzene rings is 1. The number of hydrogen-bond acceptors (Lipinski definition) is 2. The molecule has 3 nitrogen and oxygen atoms in total. The van der Waals surface area contributed by atoms with Gasteiger partial charge < -0.3 is 10.6 Å². The molecule has 2 N–H and O–H groups in total. The lowest BCUT2D eigenvalue weighted by Gasteiger charge is -2.20. The van der Waals surface area contributed by atoms with E-state index in [2.05, 4.69) is 17.6 Å². The van der Waals surface area contributed by atoms with Crippen molar-refractivity contribution in [3.05, 3.63) is 34.9 Å². The summed E-state index contributed by atoms with van der Waals surface area (Å²) in [5.41, 5.74) is 1.10.